The van der Waals surface area contributed by atoms with Gasteiger partial charge in [-0.3, -0.25) is 0 Å². The molecule has 2 rings (SSSR count). The van der Waals surface area contributed by atoms with Crippen molar-refractivity contribution in [1.82, 2.24) is 0 Å². The van der Waals surface area contributed by atoms with Crippen molar-refractivity contribution in [3.8, 4) is 5.75 Å². The zero-order chi connectivity index (χ0) is 13.9. The quantitative estimate of drug-likeness (QED) is 0.513. The molecule has 0 aliphatic heterocycles. The summed E-state index contributed by atoms with van der Waals surface area (Å²) in [6.07, 6.45) is 1.99. The molecule has 0 aromatic heterocycles. The van der Waals surface area contributed by atoms with Crippen LogP contribution in [0.4, 0.5) is 0 Å². The lowest BCUT2D eigenvalue weighted by atomic mass is 10.0. The fraction of sp³-hybridized carbons (Fsp3) is 0.0625. The summed E-state index contributed by atoms with van der Waals surface area (Å²) in [5, 5.41) is 12.6. The lowest BCUT2D eigenvalue weighted by Crippen LogP contribution is -1.87. The summed E-state index contributed by atoms with van der Waals surface area (Å²) in [5.41, 5.74) is 2.19. The molecule has 0 radical (unpaired) electrons. The maximum Gasteiger partial charge on any atom is 0.119 e. The zero-order valence-electron chi connectivity index (χ0n) is 10.7. The first-order chi connectivity index (χ1) is 9.27. The molecule has 0 atom stereocenters. The highest BCUT2D eigenvalue weighted by molar-refractivity contribution is 5.36. The van der Waals surface area contributed by atoms with Gasteiger partial charge in [-0.15, -0.1) is 0 Å². The van der Waals surface area contributed by atoms with Crippen molar-refractivity contribution in [2.75, 3.05) is 0 Å². The Balaban J connectivity index is 0.000000312. The first-order valence-corrected chi connectivity index (χ1v) is 5.81. The second-order valence-corrected chi connectivity index (χ2v) is 3.69. The van der Waals surface area contributed by atoms with Crippen LogP contribution in [0.5, 0.6) is 5.75 Å². The lowest BCUT2D eigenvalue weighted by molar-refractivity contribution is 0.273. The lowest BCUT2D eigenvalue weighted by Gasteiger charge is -2.03. The van der Waals surface area contributed by atoms with Gasteiger partial charge in [-0.2, -0.15) is 0 Å². The zero-order valence-corrected chi connectivity index (χ0v) is 10.7. The van der Waals surface area contributed by atoms with Crippen LogP contribution in [0.3, 0.4) is 0 Å². The molecule has 1 N–H and O–H groups in total. The van der Waals surface area contributed by atoms with E-state index < -0.39 is 0 Å². The van der Waals surface area contributed by atoms with E-state index in [2.05, 4.69) is 35.4 Å². The van der Waals surface area contributed by atoms with Crippen molar-refractivity contribution >= 4 is 6.72 Å². The Morgan fingerprint density at radius 1 is 1.05 bits per heavy atom. The fourth-order valence-corrected chi connectivity index (χ4v) is 1.53. The minimum absolute atomic E-state index is 0.372. The SMILES string of the molecule is C=CON=C.Oc1ccccc1Cc1ccccc1. The minimum atomic E-state index is 0.372. The van der Waals surface area contributed by atoms with Gasteiger partial charge in [-0.25, -0.2) is 0 Å². The van der Waals surface area contributed by atoms with Gasteiger partial charge in [0.25, 0.3) is 0 Å². The molecule has 98 valence electrons. The van der Waals surface area contributed by atoms with Crippen LogP contribution in [0.25, 0.3) is 0 Å². The third-order valence-electron chi connectivity index (χ3n) is 2.38. The number of benzene rings is 2. The van der Waals surface area contributed by atoms with Gasteiger partial charge in [0.05, 0.1) is 0 Å². The van der Waals surface area contributed by atoms with Crippen LogP contribution >= 0.6 is 0 Å². The molecule has 0 fully saturated rings. The molecule has 0 aliphatic carbocycles. The highest BCUT2D eigenvalue weighted by atomic mass is 16.6. The topological polar surface area (TPSA) is 41.8 Å². The Labute approximate surface area is 113 Å². The van der Waals surface area contributed by atoms with Gasteiger partial charge in [0, 0.05) is 13.1 Å². The molecule has 0 spiro atoms. The number of phenols is 1. The van der Waals surface area contributed by atoms with Crippen molar-refractivity contribution in [2.45, 2.75) is 6.42 Å². The maximum atomic E-state index is 9.57. The van der Waals surface area contributed by atoms with Crippen molar-refractivity contribution in [3.63, 3.8) is 0 Å². The van der Waals surface area contributed by atoms with Crippen molar-refractivity contribution < 1.29 is 9.94 Å². The van der Waals surface area contributed by atoms with Crippen molar-refractivity contribution in [3.05, 3.63) is 78.6 Å². The van der Waals surface area contributed by atoms with E-state index in [1.807, 2.05) is 36.4 Å². The summed E-state index contributed by atoms with van der Waals surface area (Å²) < 4.78 is 0. The van der Waals surface area contributed by atoms with Crippen molar-refractivity contribution in [1.29, 1.82) is 0 Å². The minimum Gasteiger partial charge on any atom is -0.508 e. The number of para-hydroxylation sites is 1. The molecule has 0 saturated carbocycles. The summed E-state index contributed by atoms with van der Waals surface area (Å²) in [7, 11) is 0. The first-order valence-electron chi connectivity index (χ1n) is 5.81. The average molecular weight is 255 g/mol. The summed E-state index contributed by atoms with van der Waals surface area (Å²) in [5.74, 6) is 0.372. The average Bonchev–Trinajstić information content (AvgIpc) is 2.44. The predicted molar refractivity (Wildman–Crippen MR) is 78.2 cm³/mol. The standard InChI is InChI=1S/C13H12O.C3H5NO/c14-13-9-5-4-8-12(13)10-11-6-2-1-3-7-11;1-3-5-4-2/h1-9,14H,10H2;3H,1-2H2. The van der Waals surface area contributed by atoms with E-state index in [0.29, 0.717) is 5.75 Å². The smallest absolute Gasteiger partial charge is 0.119 e. The molecule has 3 heteroatoms. The van der Waals surface area contributed by atoms with Gasteiger partial charge in [-0.05, 0) is 17.2 Å². The number of hydrogen-bond acceptors (Lipinski definition) is 3. The number of oxime groups is 1. The molecular weight excluding hydrogens is 238 g/mol. The van der Waals surface area contributed by atoms with Gasteiger partial charge in [-0.1, -0.05) is 60.3 Å². The fourth-order valence-electron chi connectivity index (χ4n) is 1.53. The van der Waals surface area contributed by atoms with Gasteiger partial charge in [0.2, 0.25) is 0 Å². The Hall–Kier alpha value is -2.55. The normalized spacial score (nSPS) is 8.84. The van der Waals surface area contributed by atoms with Crippen LogP contribution in [0.2, 0.25) is 0 Å². The first kappa shape index (κ1) is 14.5. The second kappa shape index (κ2) is 8.53. The van der Waals surface area contributed by atoms with Gasteiger partial charge in [0.1, 0.15) is 12.0 Å². The Bertz CT molecular complexity index is 503. The number of phenolic OH excluding ortho intramolecular Hbond substituents is 1. The van der Waals surface area contributed by atoms with Crippen LogP contribution in [-0.2, 0) is 11.3 Å². The number of hydrogen-bond donors (Lipinski definition) is 1. The van der Waals surface area contributed by atoms with E-state index >= 15 is 0 Å². The molecule has 0 amide bonds. The van der Waals surface area contributed by atoms with Gasteiger partial charge in [0.15, 0.2) is 0 Å². The number of nitrogens with zero attached hydrogens (tertiary/aromatic N) is 1. The van der Waals surface area contributed by atoms with Crippen LogP contribution in [0.1, 0.15) is 11.1 Å². The Kier molecular flexibility index (Phi) is 6.51. The highest BCUT2D eigenvalue weighted by Crippen LogP contribution is 2.19. The molecule has 0 heterocycles. The molecule has 0 aliphatic rings. The monoisotopic (exact) mass is 255 g/mol. The molecule has 0 unspecified atom stereocenters. The van der Waals surface area contributed by atoms with E-state index in [0.717, 1.165) is 12.0 Å². The predicted octanol–water partition coefficient (Wildman–Crippen LogP) is 3.75. The van der Waals surface area contributed by atoms with E-state index in [-0.39, 0.29) is 0 Å². The van der Waals surface area contributed by atoms with Crippen LogP contribution in [-0.4, -0.2) is 11.8 Å². The van der Waals surface area contributed by atoms with E-state index in [9.17, 15) is 5.11 Å². The summed E-state index contributed by atoms with van der Waals surface area (Å²) >= 11 is 0. The molecule has 2 aromatic carbocycles. The molecule has 3 nitrogen and oxygen atoms in total. The third kappa shape index (κ3) is 5.55. The van der Waals surface area contributed by atoms with Gasteiger partial charge < -0.3 is 9.94 Å². The van der Waals surface area contributed by atoms with Gasteiger partial charge >= 0.3 is 0 Å². The second-order valence-electron chi connectivity index (χ2n) is 3.69. The Morgan fingerprint density at radius 3 is 2.21 bits per heavy atom. The molecule has 0 saturated heterocycles. The number of rotatable bonds is 4. The molecule has 0 bridgehead atoms. The largest absolute Gasteiger partial charge is 0.508 e. The third-order valence-corrected chi connectivity index (χ3v) is 2.38. The van der Waals surface area contributed by atoms with Crippen LogP contribution in [0.15, 0.2) is 72.6 Å². The summed E-state index contributed by atoms with van der Waals surface area (Å²) in [6.45, 7) is 6.20. The van der Waals surface area contributed by atoms with Crippen molar-refractivity contribution in [2.24, 2.45) is 5.16 Å². The van der Waals surface area contributed by atoms with E-state index in [1.54, 1.807) is 6.07 Å². The molecule has 2 aromatic rings. The maximum absolute atomic E-state index is 9.57. The summed E-state index contributed by atoms with van der Waals surface area (Å²) in [4.78, 5) is 4.11. The summed E-state index contributed by atoms with van der Waals surface area (Å²) in [6, 6.07) is 17.6. The van der Waals surface area contributed by atoms with E-state index in [1.165, 1.54) is 11.8 Å². The highest BCUT2D eigenvalue weighted by Gasteiger charge is 1.99. The molecular formula is C16H17NO2. The Morgan fingerprint density at radius 2 is 1.68 bits per heavy atom. The molecule has 19 heavy (non-hydrogen) atoms. The van der Waals surface area contributed by atoms with E-state index in [4.69, 9.17) is 0 Å². The van der Waals surface area contributed by atoms with Crippen LogP contribution in [0, 0.1) is 0 Å². The number of aromatic hydroxyl groups is 1. The van der Waals surface area contributed by atoms with Crippen LogP contribution < -0.4 is 0 Å².